The van der Waals surface area contributed by atoms with Crippen LogP contribution in [0.5, 0.6) is 0 Å². The molecule has 1 saturated heterocycles. The highest BCUT2D eigenvalue weighted by Gasteiger charge is 2.29. The van der Waals surface area contributed by atoms with Crippen LogP contribution in [0.15, 0.2) is 4.52 Å². The third-order valence-electron chi connectivity index (χ3n) is 5.56. The van der Waals surface area contributed by atoms with Gasteiger partial charge in [0.2, 0.25) is 0 Å². The van der Waals surface area contributed by atoms with Crippen molar-refractivity contribution in [1.82, 2.24) is 20.0 Å². The molecular formula is C19H27N5O. The highest BCUT2D eigenvalue weighted by atomic mass is 16.5. The summed E-state index contributed by atoms with van der Waals surface area (Å²) in [6.45, 7) is 13.3. The first-order valence-electron chi connectivity index (χ1n) is 9.27. The number of nitrogens with zero attached hydrogens (tertiary/aromatic N) is 5. The van der Waals surface area contributed by atoms with Gasteiger partial charge >= 0.3 is 0 Å². The maximum absolute atomic E-state index is 5.29. The lowest BCUT2D eigenvalue weighted by Crippen LogP contribution is -2.46. The van der Waals surface area contributed by atoms with Crippen molar-refractivity contribution >= 4 is 5.82 Å². The summed E-state index contributed by atoms with van der Waals surface area (Å²) in [5.74, 6) is 3.73. The number of piperazine rings is 1. The van der Waals surface area contributed by atoms with Crippen LogP contribution in [-0.2, 0) is 6.54 Å². The summed E-state index contributed by atoms with van der Waals surface area (Å²) in [7, 11) is 0. The Bertz CT molecular complexity index is 753. The van der Waals surface area contributed by atoms with Gasteiger partial charge < -0.3 is 9.42 Å². The van der Waals surface area contributed by atoms with Crippen LogP contribution in [0.1, 0.15) is 52.9 Å². The Morgan fingerprint density at radius 1 is 0.960 bits per heavy atom. The van der Waals surface area contributed by atoms with E-state index in [1.807, 2.05) is 13.8 Å². The van der Waals surface area contributed by atoms with Crippen LogP contribution < -0.4 is 4.90 Å². The summed E-state index contributed by atoms with van der Waals surface area (Å²) in [5.41, 5.74) is 4.60. The molecule has 0 radical (unpaired) electrons. The third kappa shape index (κ3) is 3.27. The van der Waals surface area contributed by atoms with Gasteiger partial charge in [-0.3, -0.25) is 4.90 Å². The van der Waals surface area contributed by atoms with Gasteiger partial charge in [-0.1, -0.05) is 5.16 Å². The van der Waals surface area contributed by atoms with Gasteiger partial charge in [0.05, 0.1) is 5.69 Å². The summed E-state index contributed by atoms with van der Waals surface area (Å²) < 4.78 is 5.29. The molecule has 1 aliphatic heterocycles. The van der Waals surface area contributed by atoms with Crippen LogP contribution in [0.4, 0.5) is 5.82 Å². The summed E-state index contributed by atoms with van der Waals surface area (Å²) in [6.07, 6.45) is 2.49. The van der Waals surface area contributed by atoms with Gasteiger partial charge in [0, 0.05) is 55.5 Å². The van der Waals surface area contributed by atoms with Crippen LogP contribution in [0, 0.1) is 27.7 Å². The lowest BCUT2D eigenvalue weighted by molar-refractivity contribution is 0.247. The second kappa shape index (κ2) is 6.41. The minimum absolute atomic E-state index is 0.596. The van der Waals surface area contributed by atoms with Gasteiger partial charge in [-0.15, -0.1) is 0 Å². The van der Waals surface area contributed by atoms with Gasteiger partial charge in [0.1, 0.15) is 17.4 Å². The molecule has 4 rings (SSSR count). The minimum atomic E-state index is 0.596. The van der Waals surface area contributed by atoms with E-state index in [0.717, 1.165) is 61.5 Å². The van der Waals surface area contributed by atoms with Gasteiger partial charge in [-0.25, -0.2) is 9.97 Å². The monoisotopic (exact) mass is 341 g/mol. The Hall–Kier alpha value is -1.95. The van der Waals surface area contributed by atoms with E-state index >= 15 is 0 Å². The highest BCUT2D eigenvalue weighted by Crippen LogP contribution is 2.39. The van der Waals surface area contributed by atoms with Crippen molar-refractivity contribution in [3.8, 4) is 0 Å². The molecule has 0 atom stereocenters. The quantitative estimate of drug-likeness (QED) is 0.852. The second-order valence-corrected chi connectivity index (χ2v) is 7.46. The van der Waals surface area contributed by atoms with Crippen molar-refractivity contribution in [2.75, 3.05) is 31.1 Å². The maximum atomic E-state index is 5.29. The van der Waals surface area contributed by atoms with E-state index in [-0.39, 0.29) is 0 Å². The lowest BCUT2D eigenvalue weighted by Gasteiger charge is -2.36. The maximum Gasteiger partial charge on any atom is 0.138 e. The Morgan fingerprint density at radius 3 is 2.28 bits per heavy atom. The first-order valence-corrected chi connectivity index (χ1v) is 9.27. The molecule has 1 aliphatic carbocycles. The fraction of sp³-hybridized carbons (Fsp3) is 0.632. The Kier molecular flexibility index (Phi) is 4.23. The van der Waals surface area contributed by atoms with Crippen molar-refractivity contribution in [3.05, 3.63) is 34.1 Å². The summed E-state index contributed by atoms with van der Waals surface area (Å²) in [5, 5.41) is 4.07. The predicted octanol–water partition coefficient (Wildman–Crippen LogP) is 2.90. The second-order valence-electron chi connectivity index (χ2n) is 7.46. The predicted molar refractivity (Wildman–Crippen MR) is 96.9 cm³/mol. The van der Waals surface area contributed by atoms with Crippen LogP contribution in [0.2, 0.25) is 0 Å². The number of hydrogen-bond acceptors (Lipinski definition) is 6. The number of aromatic nitrogens is 3. The van der Waals surface area contributed by atoms with E-state index in [4.69, 9.17) is 14.5 Å². The number of rotatable bonds is 4. The zero-order valence-electron chi connectivity index (χ0n) is 15.7. The smallest absolute Gasteiger partial charge is 0.138 e. The molecular weight excluding hydrogens is 314 g/mol. The lowest BCUT2D eigenvalue weighted by atomic mass is 10.1. The van der Waals surface area contributed by atoms with Crippen LogP contribution in [0.3, 0.4) is 0 Å². The van der Waals surface area contributed by atoms with E-state index < -0.39 is 0 Å². The zero-order valence-corrected chi connectivity index (χ0v) is 15.7. The van der Waals surface area contributed by atoms with Crippen molar-refractivity contribution in [2.45, 2.75) is 53.0 Å². The Morgan fingerprint density at radius 2 is 1.68 bits per heavy atom. The van der Waals surface area contributed by atoms with E-state index in [1.54, 1.807) is 0 Å². The molecule has 3 heterocycles. The molecule has 2 aromatic rings. The van der Waals surface area contributed by atoms with Gasteiger partial charge in [0.15, 0.2) is 0 Å². The molecule has 0 N–H and O–H groups in total. The standard InChI is InChI=1S/C19H27N5O/c1-12-13(2)20-18(16-5-6-16)21-19(12)24-9-7-23(8-10-24)11-17-14(3)22-25-15(17)4/h16H,5-11H2,1-4H3. The average molecular weight is 341 g/mol. The fourth-order valence-electron chi connectivity index (χ4n) is 3.54. The SMILES string of the molecule is Cc1nc(C2CC2)nc(N2CCN(Cc3c(C)noc3C)CC2)c1C. The van der Waals surface area contributed by atoms with Crippen molar-refractivity contribution < 1.29 is 4.52 Å². The molecule has 2 aromatic heterocycles. The molecule has 0 unspecified atom stereocenters. The largest absolute Gasteiger partial charge is 0.361 e. The highest BCUT2D eigenvalue weighted by molar-refractivity contribution is 5.49. The van der Waals surface area contributed by atoms with Crippen molar-refractivity contribution in [1.29, 1.82) is 0 Å². The van der Waals surface area contributed by atoms with Gasteiger partial charge in [0.25, 0.3) is 0 Å². The summed E-state index contributed by atoms with van der Waals surface area (Å²) >= 11 is 0. The third-order valence-corrected chi connectivity index (χ3v) is 5.56. The van der Waals surface area contributed by atoms with E-state index in [0.29, 0.717) is 5.92 Å². The van der Waals surface area contributed by atoms with E-state index in [2.05, 4.69) is 28.8 Å². The van der Waals surface area contributed by atoms with Crippen molar-refractivity contribution in [3.63, 3.8) is 0 Å². The van der Waals surface area contributed by atoms with E-state index in [9.17, 15) is 0 Å². The molecule has 0 bridgehead atoms. The molecule has 0 spiro atoms. The molecule has 134 valence electrons. The first kappa shape index (κ1) is 16.5. The molecule has 0 amide bonds. The number of hydrogen-bond donors (Lipinski definition) is 0. The van der Waals surface area contributed by atoms with Crippen LogP contribution >= 0.6 is 0 Å². The molecule has 2 aliphatic rings. The fourth-order valence-corrected chi connectivity index (χ4v) is 3.54. The summed E-state index contributed by atoms with van der Waals surface area (Å²) in [4.78, 5) is 14.5. The zero-order chi connectivity index (χ0) is 17.6. The summed E-state index contributed by atoms with van der Waals surface area (Å²) in [6, 6.07) is 0. The number of anilines is 1. The minimum Gasteiger partial charge on any atom is -0.361 e. The van der Waals surface area contributed by atoms with Crippen molar-refractivity contribution in [2.24, 2.45) is 0 Å². The molecule has 2 fully saturated rings. The Labute approximate surface area is 149 Å². The average Bonchev–Trinajstić information content (AvgIpc) is 3.41. The van der Waals surface area contributed by atoms with Gasteiger partial charge in [-0.05, 0) is 40.5 Å². The van der Waals surface area contributed by atoms with Gasteiger partial charge in [-0.2, -0.15) is 0 Å². The normalized spacial score (nSPS) is 18.8. The molecule has 1 saturated carbocycles. The topological polar surface area (TPSA) is 58.3 Å². The van der Waals surface area contributed by atoms with E-state index in [1.165, 1.54) is 24.0 Å². The van der Waals surface area contributed by atoms with Crippen LogP contribution in [0.25, 0.3) is 0 Å². The molecule has 6 heteroatoms. The number of aryl methyl sites for hydroxylation is 3. The van der Waals surface area contributed by atoms with Crippen LogP contribution in [-0.4, -0.2) is 46.2 Å². The first-order chi connectivity index (χ1) is 12.0. The Balaban J connectivity index is 1.45. The molecule has 25 heavy (non-hydrogen) atoms. The molecule has 0 aromatic carbocycles. The molecule has 6 nitrogen and oxygen atoms in total.